The minimum Gasteiger partial charge on any atom is -0.396 e. The third kappa shape index (κ3) is 3.19. The quantitative estimate of drug-likeness (QED) is 0.763. The average Bonchev–Trinajstić information content (AvgIpc) is 2.23. The zero-order valence-corrected chi connectivity index (χ0v) is 11.7. The first-order chi connectivity index (χ1) is 7.70. The highest BCUT2D eigenvalue weighted by Gasteiger charge is 2.43. The van der Waals surface area contributed by atoms with E-state index in [0.29, 0.717) is 13.0 Å². The molecule has 4 heteroatoms. The molecule has 1 fully saturated rings. The number of carbonyl (C=O) groups is 1. The molecule has 17 heavy (non-hydrogen) atoms. The summed E-state index contributed by atoms with van der Waals surface area (Å²) in [6.07, 6.45) is 1.42. The van der Waals surface area contributed by atoms with Crippen LogP contribution in [0.15, 0.2) is 0 Å². The number of nitrogens with zero attached hydrogens (tertiary/aromatic N) is 1. The van der Waals surface area contributed by atoms with E-state index in [9.17, 15) is 9.90 Å². The molecule has 100 valence electrons. The summed E-state index contributed by atoms with van der Waals surface area (Å²) in [5.41, 5.74) is -0.137. The molecule has 0 spiro atoms. The molecule has 1 unspecified atom stereocenters. The second-order valence-electron chi connectivity index (χ2n) is 6.42. The Balaban J connectivity index is 3.11. The van der Waals surface area contributed by atoms with E-state index in [-0.39, 0.29) is 29.6 Å². The highest BCUT2D eigenvalue weighted by molar-refractivity contribution is 5.82. The summed E-state index contributed by atoms with van der Waals surface area (Å²) in [5.74, 6) is 0.0413. The Morgan fingerprint density at radius 2 is 2.06 bits per heavy atom. The Morgan fingerprint density at radius 3 is 2.53 bits per heavy atom. The molecule has 1 aliphatic rings. The molecule has 0 aromatic rings. The first-order valence-electron chi connectivity index (χ1n) is 6.38. The van der Waals surface area contributed by atoms with Crippen LogP contribution in [0.4, 0.5) is 0 Å². The van der Waals surface area contributed by atoms with Gasteiger partial charge < -0.3 is 10.4 Å². The fourth-order valence-electron chi connectivity index (χ4n) is 3.03. The maximum Gasteiger partial charge on any atom is 0.237 e. The number of amides is 1. The fraction of sp³-hybridized carbons (Fsp3) is 0.923. The van der Waals surface area contributed by atoms with Crippen molar-refractivity contribution in [1.29, 1.82) is 0 Å². The zero-order chi connectivity index (χ0) is 13.3. The minimum atomic E-state index is -0.238. The number of rotatable bonds is 2. The number of aliphatic hydroxyl groups excluding tert-OH is 1. The fourth-order valence-corrected chi connectivity index (χ4v) is 3.03. The van der Waals surface area contributed by atoms with E-state index in [1.165, 1.54) is 0 Å². The predicted octanol–water partition coefficient (Wildman–Crippen LogP) is 1.14. The van der Waals surface area contributed by atoms with Gasteiger partial charge in [0, 0.05) is 24.2 Å². The second-order valence-corrected chi connectivity index (χ2v) is 6.42. The summed E-state index contributed by atoms with van der Waals surface area (Å²) in [4.78, 5) is 14.3. The molecule has 0 aromatic heterocycles. The van der Waals surface area contributed by atoms with E-state index < -0.39 is 0 Å². The Morgan fingerprint density at radius 1 is 1.47 bits per heavy atom. The van der Waals surface area contributed by atoms with Crippen molar-refractivity contribution in [2.45, 2.75) is 64.6 Å². The van der Waals surface area contributed by atoms with Crippen LogP contribution in [0.5, 0.6) is 0 Å². The van der Waals surface area contributed by atoms with E-state index >= 15 is 0 Å². The minimum absolute atomic E-state index is 0.0413. The molecule has 4 nitrogen and oxygen atoms in total. The van der Waals surface area contributed by atoms with Gasteiger partial charge in [-0.1, -0.05) is 0 Å². The predicted molar refractivity (Wildman–Crippen MR) is 68.8 cm³/mol. The van der Waals surface area contributed by atoms with Crippen LogP contribution in [-0.4, -0.2) is 46.2 Å². The van der Waals surface area contributed by atoms with Crippen molar-refractivity contribution >= 4 is 5.91 Å². The third-order valence-corrected chi connectivity index (χ3v) is 3.43. The molecule has 0 aliphatic carbocycles. The normalized spacial score (nSPS) is 26.5. The molecule has 0 bridgehead atoms. The number of carbonyl (C=O) groups excluding carboxylic acids is 1. The maximum absolute atomic E-state index is 12.1. The van der Waals surface area contributed by atoms with Crippen molar-refractivity contribution in [3.8, 4) is 0 Å². The molecule has 1 saturated heterocycles. The summed E-state index contributed by atoms with van der Waals surface area (Å²) in [7, 11) is 0. The van der Waals surface area contributed by atoms with Crippen LogP contribution in [0.1, 0.15) is 47.5 Å². The first kappa shape index (κ1) is 14.5. The van der Waals surface area contributed by atoms with Crippen LogP contribution in [0.25, 0.3) is 0 Å². The summed E-state index contributed by atoms with van der Waals surface area (Å²) in [6.45, 7) is 11.5. The van der Waals surface area contributed by atoms with Crippen molar-refractivity contribution < 1.29 is 9.90 Å². The molecular formula is C13H26N2O2. The van der Waals surface area contributed by atoms with Crippen molar-refractivity contribution in [3.63, 3.8) is 0 Å². The molecule has 1 amide bonds. The van der Waals surface area contributed by atoms with Crippen LogP contribution >= 0.6 is 0 Å². The van der Waals surface area contributed by atoms with Crippen LogP contribution in [0.2, 0.25) is 0 Å². The van der Waals surface area contributed by atoms with Crippen LogP contribution in [0.3, 0.4) is 0 Å². The van der Waals surface area contributed by atoms with Crippen molar-refractivity contribution in [2.24, 2.45) is 0 Å². The SMILES string of the molecule is CC(C)(C)N1C(CCO)C(=O)NCCC1(C)C. The molecule has 1 aliphatic heterocycles. The number of aliphatic hydroxyl groups is 1. The molecule has 0 radical (unpaired) electrons. The van der Waals surface area contributed by atoms with Crippen molar-refractivity contribution in [1.82, 2.24) is 10.2 Å². The van der Waals surface area contributed by atoms with Gasteiger partial charge in [0.05, 0.1) is 6.04 Å². The van der Waals surface area contributed by atoms with E-state index in [0.717, 1.165) is 6.42 Å². The van der Waals surface area contributed by atoms with Crippen LogP contribution in [-0.2, 0) is 4.79 Å². The zero-order valence-electron chi connectivity index (χ0n) is 11.7. The van der Waals surface area contributed by atoms with Crippen molar-refractivity contribution in [3.05, 3.63) is 0 Å². The Labute approximate surface area is 104 Å². The molecule has 0 aromatic carbocycles. The lowest BCUT2D eigenvalue weighted by Gasteiger charge is -2.49. The Kier molecular flexibility index (Phi) is 4.20. The molecule has 2 N–H and O–H groups in total. The highest BCUT2D eigenvalue weighted by atomic mass is 16.3. The highest BCUT2D eigenvalue weighted by Crippen LogP contribution is 2.32. The number of hydrogen-bond acceptors (Lipinski definition) is 3. The standard InChI is InChI=1S/C13H26N2O2/c1-12(2,3)15-10(6-9-16)11(17)14-8-7-13(15,4)5/h10,16H,6-9H2,1-5H3,(H,14,17). The van der Waals surface area contributed by atoms with Gasteiger partial charge in [-0.2, -0.15) is 0 Å². The lowest BCUT2D eigenvalue weighted by Crippen LogP contribution is -2.60. The van der Waals surface area contributed by atoms with E-state index in [4.69, 9.17) is 0 Å². The molecule has 1 heterocycles. The largest absolute Gasteiger partial charge is 0.396 e. The van der Waals surface area contributed by atoms with Gasteiger partial charge in [-0.15, -0.1) is 0 Å². The van der Waals surface area contributed by atoms with E-state index in [1.807, 2.05) is 0 Å². The lowest BCUT2D eigenvalue weighted by molar-refractivity contribution is -0.131. The van der Waals surface area contributed by atoms with Crippen molar-refractivity contribution in [2.75, 3.05) is 13.2 Å². The lowest BCUT2D eigenvalue weighted by atomic mass is 9.89. The monoisotopic (exact) mass is 242 g/mol. The number of hydrogen-bond donors (Lipinski definition) is 2. The van der Waals surface area contributed by atoms with Gasteiger partial charge in [-0.25, -0.2) is 0 Å². The summed E-state index contributed by atoms with van der Waals surface area (Å²) >= 11 is 0. The smallest absolute Gasteiger partial charge is 0.237 e. The van der Waals surface area contributed by atoms with E-state index in [2.05, 4.69) is 44.8 Å². The molecule has 0 saturated carbocycles. The molecule has 1 atom stereocenters. The van der Waals surface area contributed by atoms with Crippen LogP contribution in [0, 0.1) is 0 Å². The summed E-state index contributed by atoms with van der Waals surface area (Å²) < 4.78 is 0. The molecular weight excluding hydrogens is 216 g/mol. The van der Waals surface area contributed by atoms with Gasteiger partial charge >= 0.3 is 0 Å². The van der Waals surface area contributed by atoms with Gasteiger partial charge in [0.2, 0.25) is 5.91 Å². The number of nitrogens with one attached hydrogen (secondary N) is 1. The maximum atomic E-state index is 12.1. The average molecular weight is 242 g/mol. The van der Waals surface area contributed by atoms with Gasteiger partial charge in [0.25, 0.3) is 0 Å². The first-order valence-corrected chi connectivity index (χ1v) is 6.38. The topological polar surface area (TPSA) is 52.6 Å². The van der Waals surface area contributed by atoms with Gasteiger partial charge in [-0.3, -0.25) is 9.69 Å². The third-order valence-electron chi connectivity index (χ3n) is 3.43. The van der Waals surface area contributed by atoms with Gasteiger partial charge in [0.15, 0.2) is 0 Å². The Bertz CT molecular complexity index is 282. The van der Waals surface area contributed by atoms with Gasteiger partial charge in [0.1, 0.15) is 0 Å². The summed E-state index contributed by atoms with van der Waals surface area (Å²) in [5, 5.41) is 12.1. The summed E-state index contributed by atoms with van der Waals surface area (Å²) in [6, 6.07) is -0.238. The Hall–Kier alpha value is -0.610. The van der Waals surface area contributed by atoms with Crippen LogP contribution < -0.4 is 5.32 Å². The molecule has 1 rings (SSSR count). The van der Waals surface area contributed by atoms with Gasteiger partial charge in [-0.05, 0) is 47.5 Å². The van der Waals surface area contributed by atoms with E-state index in [1.54, 1.807) is 0 Å². The second kappa shape index (κ2) is 4.94.